The molecule has 2 aromatic heterocycles. The topological polar surface area (TPSA) is 213 Å². The van der Waals surface area contributed by atoms with Crippen molar-refractivity contribution in [1.82, 2.24) is 24.7 Å². The molecule has 53 heavy (non-hydrogen) atoms. The Morgan fingerprint density at radius 2 is 1.91 bits per heavy atom. The van der Waals surface area contributed by atoms with Crippen molar-refractivity contribution in [3.8, 4) is 0 Å². The fourth-order valence-corrected chi connectivity index (χ4v) is 9.76. The summed E-state index contributed by atoms with van der Waals surface area (Å²) < 4.78 is 17.7. The lowest BCUT2D eigenvalue weighted by Gasteiger charge is -2.49. The standard InChI is InChI=1S/C32H31FN8O8S4/c1-49-37-22(19-13-52-31(34)35-19)26(43)36-23-27(44)41-24(30(47)48)14(11-51-28(23)41)12-53-32(50)39-6-4-38(5-7-39)21-9-20-16(8-18(21)33)25(42)17(29(45)46)10-40(20)15-2-3-15/h8-10,13,15,23,28H,2-7,11-12H2,1H3,(H2,34,35)(H,36,43)(H,45,46)(H,47,48)/b37-22-/t23-,28-/m1/s1. The number of thiazole rings is 1. The first-order chi connectivity index (χ1) is 25.4. The molecule has 2 amide bonds. The van der Waals surface area contributed by atoms with E-state index < -0.39 is 46.4 Å². The van der Waals surface area contributed by atoms with E-state index in [1.807, 2.05) is 9.80 Å². The van der Waals surface area contributed by atoms with Crippen molar-refractivity contribution < 1.29 is 38.6 Å². The molecule has 0 unspecified atom stereocenters. The van der Waals surface area contributed by atoms with Crippen LogP contribution in [-0.4, -0.2) is 120 Å². The SMILES string of the molecule is CO/N=C(\C(=O)N[C@@H]1C(=O)N2C(C(=O)O)=C(CSC(=S)N3CCN(c4cc5c(cc4F)c(=O)c(C(=O)O)cn5C4CC4)CC3)CS[C@H]12)c1csc(N)n1. The van der Waals surface area contributed by atoms with Crippen LogP contribution in [0.15, 0.2) is 44.9 Å². The van der Waals surface area contributed by atoms with Crippen LogP contribution in [0.25, 0.3) is 10.9 Å². The van der Waals surface area contributed by atoms with Crippen molar-refractivity contribution in [3.63, 3.8) is 0 Å². The van der Waals surface area contributed by atoms with Gasteiger partial charge in [0.15, 0.2) is 10.8 Å². The molecule has 2 atom stereocenters. The predicted octanol–water partition coefficient (Wildman–Crippen LogP) is 2.14. The summed E-state index contributed by atoms with van der Waals surface area (Å²) in [6, 6.07) is 1.79. The summed E-state index contributed by atoms with van der Waals surface area (Å²) in [5.74, 6) is -4.05. The lowest BCUT2D eigenvalue weighted by atomic mass is 10.0. The van der Waals surface area contributed by atoms with Gasteiger partial charge in [0, 0.05) is 60.7 Å². The molecule has 3 fully saturated rings. The third kappa shape index (κ3) is 6.93. The highest BCUT2D eigenvalue weighted by atomic mass is 32.2. The van der Waals surface area contributed by atoms with Crippen molar-refractivity contribution in [2.75, 3.05) is 55.4 Å². The molecule has 16 nitrogen and oxygen atoms in total. The number of β-lactam (4-membered cyclic amide) rings is 1. The van der Waals surface area contributed by atoms with Gasteiger partial charge in [-0.3, -0.25) is 19.3 Å². The van der Waals surface area contributed by atoms with Gasteiger partial charge in [-0.2, -0.15) is 0 Å². The van der Waals surface area contributed by atoms with Gasteiger partial charge < -0.3 is 40.5 Å². The number of benzene rings is 1. The summed E-state index contributed by atoms with van der Waals surface area (Å²) >= 11 is 9.40. The number of aromatic nitrogens is 2. The van der Waals surface area contributed by atoms with E-state index in [0.29, 0.717) is 47.3 Å². The molecule has 21 heteroatoms. The Labute approximate surface area is 317 Å². The number of nitrogens with one attached hydrogen (secondary N) is 1. The predicted molar refractivity (Wildman–Crippen MR) is 202 cm³/mol. The summed E-state index contributed by atoms with van der Waals surface area (Å²) in [5.41, 5.74) is 5.73. The number of nitrogens with two attached hydrogens (primary N) is 1. The fourth-order valence-electron chi connectivity index (χ4n) is 6.47. The highest BCUT2D eigenvalue weighted by molar-refractivity contribution is 8.23. The van der Waals surface area contributed by atoms with Gasteiger partial charge in [-0.15, -0.1) is 23.1 Å². The number of aromatic carboxylic acids is 1. The third-order valence-electron chi connectivity index (χ3n) is 9.22. The number of carbonyl (C=O) groups is 4. The summed E-state index contributed by atoms with van der Waals surface area (Å²) in [6.07, 6.45) is 3.03. The summed E-state index contributed by atoms with van der Waals surface area (Å²) in [4.78, 5) is 77.1. The van der Waals surface area contributed by atoms with Gasteiger partial charge in [0.1, 0.15) is 45.6 Å². The number of pyridine rings is 1. The molecule has 278 valence electrons. The molecule has 3 aliphatic heterocycles. The van der Waals surface area contributed by atoms with Crippen molar-refractivity contribution in [2.24, 2.45) is 5.16 Å². The quantitative estimate of drug-likeness (QED) is 0.100. The number of oxime groups is 1. The Balaban J connectivity index is 0.986. The van der Waals surface area contributed by atoms with Crippen molar-refractivity contribution in [1.29, 1.82) is 0 Å². The van der Waals surface area contributed by atoms with E-state index >= 15 is 4.39 Å². The van der Waals surface area contributed by atoms with Gasteiger partial charge in [-0.05, 0) is 30.5 Å². The van der Waals surface area contributed by atoms with Crippen LogP contribution in [-0.2, 0) is 19.2 Å². The number of nitrogens with zero attached hydrogens (tertiary/aromatic N) is 6. The zero-order valence-electron chi connectivity index (χ0n) is 27.8. The highest BCUT2D eigenvalue weighted by Gasteiger charge is 2.54. The molecular weight excluding hydrogens is 772 g/mol. The maximum absolute atomic E-state index is 15.5. The summed E-state index contributed by atoms with van der Waals surface area (Å²) in [7, 11) is 1.26. The number of piperazine rings is 1. The van der Waals surface area contributed by atoms with E-state index in [1.54, 1.807) is 10.6 Å². The lowest BCUT2D eigenvalue weighted by Crippen LogP contribution is -2.71. The number of hydrogen-bond acceptors (Lipinski definition) is 14. The van der Waals surface area contributed by atoms with Crippen molar-refractivity contribution in [2.45, 2.75) is 30.3 Å². The number of aliphatic carboxylic acids is 1. The van der Waals surface area contributed by atoms with Crippen LogP contribution in [0.4, 0.5) is 15.2 Å². The van der Waals surface area contributed by atoms with Crippen LogP contribution in [0, 0.1) is 5.82 Å². The minimum absolute atomic E-state index is 0.0278. The number of hydrogen-bond donors (Lipinski definition) is 4. The fraction of sp³-hybridized carbons (Fsp3) is 0.375. The first-order valence-corrected chi connectivity index (χ1v) is 19.5. The maximum atomic E-state index is 15.5. The number of rotatable bonds is 10. The number of thiocarbonyl (C=S) groups is 1. The number of carboxylic acids is 2. The number of amides is 2. The second-order valence-corrected chi connectivity index (χ2v) is 16.1. The van der Waals surface area contributed by atoms with Crippen LogP contribution >= 0.6 is 47.1 Å². The van der Waals surface area contributed by atoms with E-state index in [-0.39, 0.29) is 50.7 Å². The molecule has 0 spiro atoms. The van der Waals surface area contributed by atoms with Crippen molar-refractivity contribution >= 4 is 103 Å². The van der Waals surface area contributed by atoms with Gasteiger partial charge in [-0.1, -0.05) is 29.1 Å². The Morgan fingerprint density at radius 1 is 1.17 bits per heavy atom. The number of nitrogen functional groups attached to an aromatic ring is 1. The lowest BCUT2D eigenvalue weighted by molar-refractivity contribution is -0.150. The first kappa shape index (κ1) is 36.6. The average molecular weight is 803 g/mol. The monoisotopic (exact) mass is 802 g/mol. The molecule has 3 aromatic rings. The maximum Gasteiger partial charge on any atom is 0.352 e. The molecule has 1 aromatic carbocycles. The number of anilines is 2. The Kier molecular flexibility index (Phi) is 10.1. The third-order valence-corrected chi connectivity index (χ3v) is 12.8. The number of fused-ring (bicyclic) bond motifs is 2. The molecule has 0 radical (unpaired) electrons. The molecule has 0 bridgehead atoms. The zero-order valence-corrected chi connectivity index (χ0v) is 31.1. The van der Waals surface area contributed by atoms with Crippen LogP contribution in [0.2, 0.25) is 0 Å². The van der Waals surface area contributed by atoms with Gasteiger partial charge >= 0.3 is 11.9 Å². The van der Waals surface area contributed by atoms with E-state index in [4.69, 9.17) is 22.8 Å². The Morgan fingerprint density at radius 3 is 2.53 bits per heavy atom. The molecule has 7 rings (SSSR count). The number of carbonyl (C=O) groups excluding carboxylic acids is 2. The molecule has 4 aliphatic rings. The molecular formula is C32H31FN8O8S4. The van der Waals surface area contributed by atoms with Crippen molar-refractivity contribution in [3.05, 3.63) is 62.3 Å². The van der Waals surface area contributed by atoms with Gasteiger partial charge in [-0.25, -0.2) is 19.0 Å². The van der Waals surface area contributed by atoms with E-state index in [1.165, 1.54) is 47.1 Å². The minimum Gasteiger partial charge on any atom is -0.477 e. The molecule has 5 N–H and O–H groups in total. The molecule has 1 aliphatic carbocycles. The smallest absolute Gasteiger partial charge is 0.352 e. The normalized spacial score (nSPS) is 20.3. The molecule has 1 saturated carbocycles. The van der Waals surface area contributed by atoms with E-state index in [9.17, 15) is 34.2 Å². The van der Waals surface area contributed by atoms with E-state index in [0.717, 1.165) is 30.2 Å². The van der Waals surface area contributed by atoms with Gasteiger partial charge in [0.25, 0.3) is 11.8 Å². The Bertz CT molecular complexity index is 2200. The van der Waals surface area contributed by atoms with Crippen LogP contribution < -0.4 is 21.4 Å². The summed E-state index contributed by atoms with van der Waals surface area (Å²) in [5, 5.41) is 27.1. The molecule has 2 saturated heterocycles. The largest absolute Gasteiger partial charge is 0.477 e. The van der Waals surface area contributed by atoms with E-state index in [2.05, 4.69) is 15.5 Å². The average Bonchev–Trinajstić information content (AvgIpc) is 3.90. The van der Waals surface area contributed by atoms with Crippen LogP contribution in [0.5, 0.6) is 0 Å². The number of halogens is 1. The van der Waals surface area contributed by atoms with Crippen LogP contribution in [0.1, 0.15) is 34.9 Å². The molecule has 5 heterocycles. The van der Waals surface area contributed by atoms with Gasteiger partial charge in [0.2, 0.25) is 5.43 Å². The van der Waals surface area contributed by atoms with Crippen LogP contribution in [0.3, 0.4) is 0 Å². The minimum atomic E-state index is -1.35. The number of carboxylic acid groups (broad SMARTS) is 2. The number of thioether (sulfide) groups is 2. The Hall–Kier alpha value is -4.73. The first-order valence-electron chi connectivity index (χ1n) is 16.2. The second-order valence-electron chi connectivity index (χ2n) is 12.5. The summed E-state index contributed by atoms with van der Waals surface area (Å²) in [6.45, 7) is 1.72. The van der Waals surface area contributed by atoms with Gasteiger partial charge in [0.05, 0.1) is 11.2 Å². The second kappa shape index (κ2) is 14.6. The zero-order chi connectivity index (χ0) is 37.7. The highest BCUT2D eigenvalue weighted by Crippen LogP contribution is 2.42.